The zero-order chi connectivity index (χ0) is 29.3. The van der Waals surface area contributed by atoms with Gasteiger partial charge >= 0.3 is 5.97 Å². The minimum absolute atomic E-state index is 0.0940. The van der Waals surface area contributed by atoms with Crippen molar-refractivity contribution in [1.29, 1.82) is 0 Å². The molecule has 0 unspecified atom stereocenters. The standard InChI is InChI=1S/C28H23Cl3N6O4/c1-14-33-13-37(36-14)17-8-20(30)26(21(31)9-17)28(40)32-12-18(16-5-3-4-15(6-16)7-25(38)39)27-34-22-10-19(29)24(41-2)11-23(22)35-27/h3-6,8-11,13,18H,7,12H2,1-2H3,(H,32,40)(H,34,35)(H,38,39)/t18-/m0/s1. The first kappa shape index (κ1) is 28.4. The number of rotatable bonds is 9. The molecule has 1 atom stereocenters. The van der Waals surface area contributed by atoms with Gasteiger partial charge in [-0.2, -0.15) is 5.10 Å². The first-order valence-electron chi connectivity index (χ1n) is 12.3. The fourth-order valence-electron chi connectivity index (χ4n) is 4.48. The molecule has 0 bridgehead atoms. The number of H-pyrrole nitrogens is 1. The maximum absolute atomic E-state index is 13.4. The molecule has 1 amide bonds. The largest absolute Gasteiger partial charge is 0.495 e. The summed E-state index contributed by atoms with van der Waals surface area (Å²) in [6, 6.07) is 13.7. The summed E-state index contributed by atoms with van der Waals surface area (Å²) in [6.07, 6.45) is 1.37. The van der Waals surface area contributed by atoms with Crippen molar-refractivity contribution in [1.82, 2.24) is 30.0 Å². The minimum Gasteiger partial charge on any atom is -0.495 e. The number of aromatic nitrogens is 5. The van der Waals surface area contributed by atoms with Crippen molar-refractivity contribution in [3.8, 4) is 11.4 Å². The van der Waals surface area contributed by atoms with Crippen LogP contribution in [0.4, 0.5) is 0 Å². The SMILES string of the molecule is COc1cc2nc([C@@H](CNC(=O)c3c(Cl)cc(-n4cnc(C)n4)cc3Cl)c3cccc(CC(=O)O)c3)[nH]c2cc1Cl. The van der Waals surface area contributed by atoms with Crippen molar-refractivity contribution in [3.63, 3.8) is 0 Å². The zero-order valence-electron chi connectivity index (χ0n) is 21.8. The van der Waals surface area contributed by atoms with Gasteiger partial charge in [0.1, 0.15) is 23.7 Å². The van der Waals surface area contributed by atoms with E-state index in [9.17, 15) is 14.7 Å². The number of benzene rings is 3. The first-order chi connectivity index (χ1) is 19.6. The maximum atomic E-state index is 13.4. The summed E-state index contributed by atoms with van der Waals surface area (Å²) >= 11 is 19.3. The number of carbonyl (C=O) groups is 2. The van der Waals surface area contributed by atoms with Crippen LogP contribution in [0.15, 0.2) is 54.9 Å². The Kier molecular flexibility index (Phi) is 8.16. The second kappa shape index (κ2) is 11.8. The van der Waals surface area contributed by atoms with Crippen molar-refractivity contribution in [2.45, 2.75) is 19.3 Å². The molecule has 3 aromatic carbocycles. The molecule has 2 aromatic heterocycles. The molecule has 5 aromatic rings. The van der Waals surface area contributed by atoms with Gasteiger partial charge in [-0.3, -0.25) is 9.59 Å². The maximum Gasteiger partial charge on any atom is 0.307 e. The molecule has 0 radical (unpaired) electrons. The topological polar surface area (TPSA) is 135 Å². The number of imidazole rings is 1. The summed E-state index contributed by atoms with van der Waals surface area (Å²) in [5, 5.41) is 17.2. The first-order valence-corrected chi connectivity index (χ1v) is 13.5. The molecular formula is C28H23Cl3N6O4. The van der Waals surface area contributed by atoms with E-state index in [0.717, 1.165) is 5.56 Å². The molecule has 2 heterocycles. The number of nitrogens with zero attached hydrogens (tertiary/aromatic N) is 4. The van der Waals surface area contributed by atoms with Crippen LogP contribution in [0, 0.1) is 6.92 Å². The Morgan fingerprint density at radius 3 is 2.51 bits per heavy atom. The van der Waals surface area contributed by atoms with Crippen LogP contribution in [0.2, 0.25) is 15.1 Å². The quantitative estimate of drug-likeness (QED) is 0.197. The number of fused-ring (bicyclic) bond motifs is 1. The van der Waals surface area contributed by atoms with E-state index in [1.54, 1.807) is 49.4 Å². The number of methoxy groups -OCH3 is 1. The molecule has 41 heavy (non-hydrogen) atoms. The summed E-state index contributed by atoms with van der Waals surface area (Å²) in [7, 11) is 1.52. The van der Waals surface area contributed by atoms with Gasteiger partial charge in [-0.05, 0) is 36.2 Å². The van der Waals surface area contributed by atoms with E-state index in [1.807, 2.05) is 6.07 Å². The van der Waals surface area contributed by atoms with E-state index in [4.69, 9.17) is 44.5 Å². The Bertz CT molecular complexity index is 1760. The van der Waals surface area contributed by atoms with Crippen LogP contribution >= 0.6 is 34.8 Å². The van der Waals surface area contributed by atoms with E-state index in [0.29, 0.717) is 44.7 Å². The summed E-state index contributed by atoms with van der Waals surface area (Å²) in [4.78, 5) is 36.8. The molecule has 5 rings (SSSR count). The number of hydrogen-bond donors (Lipinski definition) is 3. The van der Waals surface area contributed by atoms with Crippen molar-refractivity contribution in [2.24, 2.45) is 0 Å². The summed E-state index contributed by atoms with van der Waals surface area (Å²) in [6.45, 7) is 1.85. The molecule has 0 saturated carbocycles. The molecule has 210 valence electrons. The number of carboxylic acids is 1. The Hall–Kier alpha value is -4.12. The predicted octanol–water partition coefficient (Wildman–Crippen LogP) is 5.61. The Labute approximate surface area is 249 Å². The number of aryl methyl sites for hydroxylation is 1. The number of aliphatic carboxylic acids is 1. The number of hydrogen-bond acceptors (Lipinski definition) is 6. The lowest BCUT2D eigenvalue weighted by molar-refractivity contribution is -0.136. The van der Waals surface area contributed by atoms with E-state index in [-0.39, 0.29) is 28.6 Å². The zero-order valence-corrected chi connectivity index (χ0v) is 24.1. The third-order valence-corrected chi connectivity index (χ3v) is 7.30. The number of ether oxygens (including phenoxy) is 1. The average molecular weight is 614 g/mol. The van der Waals surface area contributed by atoms with Crippen LogP contribution in [0.3, 0.4) is 0 Å². The van der Waals surface area contributed by atoms with Crippen molar-refractivity contribution >= 4 is 57.7 Å². The van der Waals surface area contributed by atoms with Gasteiger partial charge in [0.15, 0.2) is 0 Å². The Morgan fingerprint density at radius 2 is 1.85 bits per heavy atom. The lowest BCUT2D eigenvalue weighted by Crippen LogP contribution is -2.30. The molecule has 0 spiro atoms. The van der Waals surface area contributed by atoms with Crippen LogP contribution in [0.5, 0.6) is 5.75 Å². The molecule has 0 aliphatic heterocycles. The molecule has 0 fully saturated rings. The monoisotopic (exact) mass is 612 g/mol. The second-order valence-corrected chi connectivity index (χ2v) is 10.4. The Morgan fingerprint density at radius 1 is 1.10 bits per heavy atom. The van der Waals surface area contributed by atoms with Gasteiger partial charge in [-0.1, -0.05) is 59.1 Å². The third-order valence-electron chi connectivity index (χ3n) is 6.40. The van der Waals surface area contributed by atoms with Crippen LogP contribution in [-0.2, 0) is 11.2 Å². The molecule has 10 nitrogen and oxygen atoms in total. The molecule has 0 aliphatic carbocycles. The smallest absolute Gasteiger partial charge is 0.307 e. The minimum atomic E-state index is -0.953. The Balaban J connectivity index is 1.47. The number of carboxylic acid groups (broad SMARTS) is 1. The van der Waals surface area contributed by atoms with Gasteiger partial charge in [0, 0.05) is 12.6 Å². The van der Waals surface area contributed by atoms with Gasteiger partial charge in [-0.25, -0.2) is 14.6 Å². The number of halogens is 3. The molecule has 3 N–H and O–H groups in total. The fraction of sp³-hybridized carbons (Fsp3) is 0.179. The van der Waals surface area contributed by atoms with Crippen molar-refractivity contribution < 1.29 is 19.4 Å². The number of nitrogens with one attached hydrogen (secondary N) is 2. The highest BCUT2D eigenvalue weighted by molar-refractivity contribution is 6.40. The van der Waals surface area contributed by atoms with Gasteiger partial charge < -0.3 is 20.1 Å². The van der Waals surface area contributed by atoms with Gasteiger partial charge in [0.05, 0.1) is 56.8 Å². The van der Waals surface area contributed by atoms with E-state index in [2.05, 4.69) is 20.4 Å². The number of amides is 1. The van der Waals surface area contributed by atoms with Gasteiger partial charge in [0.2, 0.25) is 0 Å². The molecular weight excluding hydrogens is 591 g/mol. The molecule has 13 heteroatoms. The fourth-order valence-corrected chi connectivity index (χ4v) is 5.37. The number of aromatic amines is 1. The van der Waals surface area contributed by atoms with Crippen LogP contribution in [-0.4, -0.2) is 55.4 Å². The van der Waals surface area contributed by atoms with Crippen LogP contribution in [0.1, 0.15) is 39.1 Å². The molecule has 0 aliphatic rings. The lowest BCUT2D eigenvalue weighted by atomic mass is 9.95. The van der Waals surface area contributed by atoms with E-state index in [1.165, 1.54) is 18.1 Å². The lowest BCUT2D eigenvalue weighted by Gasteiger charge is -2.18. The predicted molar refractivity (Wildman–Crippen MR) is 156 cm³/mol. The number of carbonyl (C=O) groups excluding carboxylic acids is 1. The highest BCUT2D eigenvalue weighted by atomic mass is 35.5. The van der Waals surface area contributed by atoms with Gasteiger partial charge in [-0.15, -0.1) is 0 Å². The summed E-state index contributed by atoms with van der Waals surface area (Å²) in [5.41, 5.74) is 3.31. The van der Waals surface area contributed by atoms with Crippen LogP contribution in [0.25, 0.3) is 16.7 Å². The third kappa shape index (κ3) is 6.14. The second-order valence-electron chi connectivity index (χ2n) is 9.22. The van der Waals surface area contributed by atoms with Gasteiger partial charge in [0.25, 0.3) is 5.91 Å². The van der Waals surface area contributed by atoms with E-state index < -0.39 is 17.8 Å². The normalized spacial score (nSPS) is 11.9. The van der Waals surface area contributed by atoms with Crippen LogP contribution < -0.4 is 10.1 Å². The highest BCUT2D eigenvalue weighted by Crippen LogP contribution is 2.32. The van der Waals surface area contributed by atoms with E-state index >= 15 is 0 Å². The summed E-state index contributed by atoms with van der Waals surface area (Å²) < 4.78 is 6.83. The van der Waals surface area contributed by atoms with Crippen molar-refractivity contribution in [3.05, 3.63) is 98.3 Å². The molecule has 0 saturated heterocycles. The average Bonchev–Trinajstić information content (AvgIpc) is 3.53. The highest BCUT2D eigenvalue weighted by Gasteiger charge is 2.23. The van der Waals surface area contributed by atoms with Crippen molar-refractivity contribution in [2.75, 3.05) is 13.7 Å². The summed E-state index contributed by atoms with van der Waals surface area (Å²) in [5.74, 6) is -0.353.